The molecule has 0 saturated carbocycles. The molecule has 0 amide bonds. The lowest BCUT2D eigenvalue weighted by Gasteiger charge is -2.40. The molecule has 13 aromatic rings. The Balaban J connectivity index is 0.887. The molecule has 1 aromatic heterocycles. The molecular weight excluding hydrogens is 981 g/mol. The van der Waals surface area contributed by atoms with Gasteiger partial charge in [-0.2, -0.15) is 0 Å². The molecule has 2 spiro atoms. The lowest BCUT2D eigenvalue weighted by atomic mass is 9.67. The summed E-state index contributed by atoms with van der Waals surface area (Å²) >= 11 is 3.78. The van der Waals surface area contributed by atoms with Crippen LogP contribution in [0.1, 0.15) is 44.5 Å². The van der Waals surface area contributed by atoms with E-state index in [1.165, 1.54) is 119 Å². The Morgan fingerprint density at radius 2 is 0.705 bits per heavy atom. The van der Waals surface area contributed by atoms with Crippen LogP contribution in [0.4, 0.5) is 17.1 Å². The van der Waals surface area contributed by atoms with Gasteiger partial charge in [0.15, 0.2) is 0 Å². The normalized spacial score (nSPS) is 14.3. The number of aromatic nitrogens is 1. The molecule has 364 valence electrons. The number of hydrogen-bond donors (Lipinski definition) is 0. The number of fused-ring (bicyclic) bond motifs is 21. The molecule has 2 aliphatic heterocycles. The molecule has 0 unspecified atom stereocenters. The van der Waals surface area contributed by atoms with Crippen LogP contribution in [-0.2, 0) is 10.8 Å². The van der Waals surface area contributed by atoms with Crippen molar-refractivity contribution in [1.29, 1.82) is 0 Å². The van der Waals surface area contributed by atoms with Crippen molar-refractivity contribution in [2.75, 3.05) is 4.90 Å². The van der Waals surface area contributed by atoms with Gasteiger partial charge in [-0.15, -0.1) is 0 Å². The Morgan fingerprint density at radius 1 is 0.269 bits per heavy atom. The molecule has 2 nitrogen and oxygen atoms in total. The van der Waals surface area contributed by atoms with E-state index in [1.807, 2.05) is 23.5 Å². The van der Waals surface area contributed by atoms with Gasteiger partial charge in [-0.25, -0.2) is 0 Å². The van der Waals surface area contributed by atoms with Gasteiger partial charge in [-0.3, -0.25) is 0 Å². The number of para-hydroxylation sites is 2. The molecule has 0 fully saturated rings. The molecule has 17 rings (SSSR count). The van der Waals surface area contributed by atoms with Crippen LogP contribution in [0.15, 0.2) is 299 Å². The first-order valence-corrected chi connectivity index (χ1v) is 28.5. The van der Waals surface area contributed by atoms with Crippen molar-refractivity contribution in [1.82, 2.24) is 4.57 Å². The Morgan fingerprint density at radius 3 is 1.33 bits per heavy atom. The second-order valence-electron chi connectivity index (χ2n) is 21.0. The zero-order chi connectivity index (χ0) is 51.1. The molecule has 0 bridgehead atoms. The summed E-state index contributed by atoms with van der Waals surface area (Å²) < 4.78 is 2.41. The standard InChI is InChI=1S/C74H46N2S2/c1-2-18-49(19-3-1)76-67-29-13-6-22-56(67)57-41-36-48(44-68(57)76)47-34-37-50(38-35-47)75(51-40-43-61-58(45-51)54-21-5-8-24-60(54)73(61)62-25-9-14-30-69(62)77-70-31-15-10-26-63(70)73)52-39-42-55-53-20-4-7-23-59(53)74(66(55)46-52)64-27-11-16-32-71(64)78-72-33-17-12-28-65(72)74/h1-46H. The second-order valence-corrected chi connectivity index (χ2v) is 23.2. The minimum atomic E-state index is -0.514. The smallest absolute Gasteiger partial charge is 0.0736 e. The summed E-state index contributed by atoms with van der Waals surface area (Å²) in [6.07, 6.45) is 0. The highest BCUT2D eigenvalue weighted by Crippen LogP contribution is 2.65. The van der Waals surface area contributed by atoms with Crippen LogP contribution < -0.4 is 4.90 Å². The van der Waals surface area contributed by atoms with Gasteiger partial charge < -0.3 is 9.47 Å². The number of benzene rings is 12. The van der Waals surface area contributed by atoms with Crippen LogP contribution in [0.3, 0.4) is 0 Å². The molecule has 2 aliphatic carbocycles. The molecule has 78 heavy (non-hydrogen) atoms. The number of anilines is 3. The molecule has 0 N–H and O–H groups in total. The van der Waals surface area contributed by atoms with Crippen LogP contribution in [0.2, 0.25) is 0 Å². The van der Waals surface area contributed by atoms with Gasteiger partial charge in [0.2, 0.25) is 0 Å². The van der Waals surface area contributed by atoms with E-state index >= 15 is 0 Å². The van der Waals surface area contributed by atoms with E-state index in [0.717, 1.165) is 22.7 Å². The Bertz CT molecular complexity index is 4550. The van der Waals surface area contributed by atoms with Gasteiger partial charge in [-0.05, 0) is 163 Å². The summed E-state index contributed by atoms with van der Waals surface area (Å²) in [5.41, 5.74) is 24.0. The van der Waals surface area contributed by atoms with Gasteiger partial charge >= 0.3 is 0 Å². The average Bonchev–Trinajstić information content (AvgIpc) is 4.28. The van der Waals surface area contributed by atoms with Gasteiger partial charge in [-0.1, -0.05) is 218 Å². The third kappa shape index (κ3) is 5.96. The maximum atomic E-state index is 2.52. The molecule has 4 heteroatoms. The maximum Gasteiger partial charge on any atom is 0.0736 e. The first-order chi connectivity index (χ1) is 38.7. The van der Waals surface area contributed by atoms with Crippen molar-refractivity contribution in [3.8, 4) is 39.1 Å². The molecule has 3 heterocycles. The zero-order valence-corrected chi connectivity index (χ0v) is 43.9. The summed E-state index contributed by atoms with van der Waals surface area (Å²) in [4.78, 5) is 7.73. The Hall–Kier alpha value is -9.06. The van der Waals surface area contributed by atoms with Crippen LogP contribution in [0.5, 0.6) is 0 Å². The fourth-order valence-electron chi connectivity index (χ4n) is 14.2. The van der Waals surface area contributed by atoms with Crippen molar-refractivity contribution >= 4 is 62.4 Å². The van der Waals surface area contributed by atoms with Gasteiger partial charge in [0, 0.05) is 53.1 Å². The van der Waals surface area contributed by atoms with Crippen LogP contribution in [0, 0.1) is 0 Å². The fourth-order valence-corrected chi connectivity index (χ4v) is 16.6. The molecule has 12 aromatic carbocycles. The summed E-state index contributed by atoms with van der Waals surface area (Å²) in [6, 6.07) is 105. The second kappa shape index (κ2) is 16.7. The minimum absolute atomic E-state index is 0.464. The fraction of sp³-hybridized carbons (Fsp3) is 0.0270. The quantitative estimate of drug-likeness (QED) is 0.170. The van der Waals surface area contributed by atoms with Crippen molar-refractivity contribution in [2.45, 2.75) is 30.4 Å². The summed E-state index contributed by atoms with van der Waals surface area (Å²) in [6.45, 7) is 0. The van der Waals surface area contributed by atoms with Gasteiger partial charge in [0.25, 0.3) is 0 Å². The summed E-state index contributed by atoms with van der Waals surface area (Å²) in [7, 11) is 0. The van der Waals surface area contributed by atoms with Gasteiger partial charge in [0.1, 0.15) is 0 Å². The third-order valence-electron chi connectivity index (χ3n) is 17.3. The predicted octanol–water partition coefficient (Wildman–Crippen LogP) is 19.6. The minimum Gasteiger partial charge on any atom is -0.310 e. The van der Waals surface area contributed by atoms with E-state index in [4.69, 9.17) is 0 Å². The van der Waals surface area contributed by atoms with Crippen molar-refractivity contribution in [3.05, 3.63) is 324 Å². The van der Waals surface area contributed by atoms with E-state index in [1.54, 1.807) is 0 Å². The van der Waals surface area contributed by atoms with Crippen LogP contribution in [0.25, 0.3) is 60.9 Å². The summed E-state index contributed by atoms with van der Waals surface area (Å²) in [5.74, 6) is 0. The zero-order valence-electron chi connectivity index (χ0n) is 42.3. The molecular formula is C74H46N2S2. The van der Waals surface area contributed by atoms with Crippen molar-refractivity contribution in [3.63, 3.8) is 0 Å². The topological polar surface area (TPSA) is 8.17 Å². The Kier molecular flexibility index (Phi) is 9.45. The van der Waals surface area contributed by atoms with E-state index < -0.39 is 10.8 Å². The molecule has 4 aliphatic rings. The third-order valence-corrected chi connectivity index (χ3v) is 19.6. The molecule has 0 radical (unpaired) electrons. The highest BCUT2D eigenvalue weighted by Gasteiger charge is 2.52. The van der Waals surface area contributed by atoms with Crippen LogP contribution >= 0.6 is 23.5 Å². The number of nitrogens with zero attached hydrogens (tertiary/aromatic N) is 2. The summed E-state index contributed by atoms with van der Waals surface area (Å²) in [5, 5.41) is 2.50. The highest BCUT2D eigenvalue weighted by molar-refractivity contribution is 7.99. The monoisotopic (exact) mass is 1030 g/mol. The molecule has 0 atom stereocenters. The maximum absolute atomic E-state index is 2.52. The number of hydrogen-bond acceptors (Lipinski definition) is 3. The lowest BCUT2D eigenvalue weighted by molar-refractivity contribution is 0.722. The average molecular weight is 1030 g/mol. The van der Waals surface area contributed by atoms with E-state index in [-0.39, 0.29) is 0 Å². The van der Waals surface area contributed by atoms with E-state index in [0.29, 0.717) is 0 Å². The van der Waals surface area contributed by atoms with Crippen LogP contribution in [-0.4, -0.2) is 4.57 Å². The highest BCUT2D eigenvalue weighted by atomic mass is 32.2. The van der Waals surface area contributed by atoms with Gasteiger partial charge in [0.05, 0.1) is 21.9 Å². The number of rotatable bonds is 5. The molecule has 0 saturated heterocycles. The van der Waals surface area contributed by atoms with Crippen molar-refractivity contribution in [2.24, 2.45) is 0 Å². The predicted molar refractivity (Wildman–Crippen MR) is 324 cm³/mol. The lowest BCUT2D eigenvalue weighted by Crippen LogP contribution is -2.32. The van der Waals surface area contributed by atoms with E-state index in [9.17, 15) is 0 Å². The SMILES string of the molecule is c1ccc(-n2c3ccccc3c3ccc(-c4ccc(N(c5ccc6c(c5)-c5ccccc5C65c6ccccc6Sc6ccccc65)c5ccc6c(c5)C5(c7ccccc7Sc7ccccc75)c5ccccc5-6)cc4)cc32)cc1. The van der Waals surface area contributed by atoms with E-state index in [2.05, 4.69) is 289 Å². The first-order valence-electron chi connectivity index (χ1n) is 26.9. The van der Waals surface area contributed by atoms with Crippen molar-refractivity contribution < 1.29 is 0 Å². The largest absolute Gasteiger partial charge is 0.310 e. The Labute approximate surface area is 461 Å². The first kappa shape index (κ1) is 44.1.